The molecule has 2 rings (SSSR count). The van der Waals surface area contributed by atoms with Crippen LogP contribution in [0.15, 0.2) is 0 Å². The van der Waals surface area contributed by atoms with Crippen molar-refractivity contribution in [2.75, 3.05) is 13.1 Å². The Balaban J connectivity index is 1.65. The first-order chi connectivity index (χ1) is 7.26. The molecule has 0 aromatic rings. The summed E-state index contributed by atoms with van der Waals surface area (Å²) in [6.45, 7) is 1.96. The first kappa shape index (κ1) is 10.7. The molecule has 0 bridgehead atoms. The fraction of sp³-hybridized carbons (Fsp3) is 0.833. The molecule has 0 aromatic carbocycles. The van der Waals surface area contributed by atoms with Crippen molar-refractivity contribution in [3.63, 3.8) is 0 Å². The summed E-state index contributed by atoms with van der Waals surface area (Å²) in [7, 11) is 0. The van der Waals surface area contributed by atoms with Crippen molar-refractivity contribution in [2.24, 2.45) is 5.41 Å². The van der Waals surface area contributed by atoms with Gasteiger partial charge < -0.3 is 9.69 Å². The zero-order valence-electron chi connectivity index (χ0n) is 9.21. The Labute approximate surface area is 90.8 Å². The molecule has 1 saturated carbocycles. The van der Waals surface area contributed by atoms with Crippen LogP contribution < -0.4 is 0 Å². The van der Waals surface area contributed by atoms with Crippen LogP contribution in [-0.4, -0.2) is 30.2 Å². The number of amides is 1. The van der Waals surface area contributed by atoms with Crippen molar-refractivity contribution in [1.29, 1.82) is 0 Å². The van der Waals surface area contributed by atoms with E-state index in [0.717, 1.165) is 32.2 Å². The first-order valence-corrected chi connectivity index (χ1v) is 5.97. The molecule has 15 heavy (non-hydrogen) atoms. The standard InChI is InChI=1S/C12H19NO2/c14-9-3-1-2-4-11(15)13-8-7-12(10-13)5-6-12/h9H,1-8,10H2. The van der Waals surface area contributed by atoms with Gasteiger partial charge in [0.1, 0.15) is 6.29 Å². The molecule has 1 aliphatic carbocycles. The highest BCUT2D eigenvalue weighted by Crippen LogP contribution is 2.52. The predicted octanol–water partition coefficient (Wildman–Crippen LogP) is 1.76. The Morgan fingerprint density at radius 1 is 1.27 bits per heavy atom. The molecule has 1 spiro atoms. The molecule has 0 N–H and O–H groups in total. The summed E-state index contributed by atoms with van der Waals surface area (Å²) < 4.78 is 0. The summed E-state index contributed by atoms with van der Waals surface area (Å²) in [5.41, 5.74) is 0.540. The van der Waals surface area contributed by atoms with E-state index < -0.39 is 0 Å². The van der Waals surface area contributed by atoms with Gasteiger partial charge in [0.2, 0.25) is 5.91 Å². The van der Waals surface area contributed by atoms with Gasteiger partial charge in [-0.25, -0.2) is 0 Å². The Morgan fingerprint density at radius 3 is 2.67 bits per heavy atom. The molecule has 0 aromatic heterocycles. The summed E-state index contributed by atoms with van der Waals surface area (Å²) in [5.74, 6) is 0.296. The summed E-state index contributed by atoms with van der Waals surface area (Å²) in [5, 5.41) is 0. The lowest BCUT2D eigenvalue weighted by molar-refractivity contribution is -0.130. The topological polar surface area (TPSA) is 37.4 Å². The van der Waals surface area contributed by atoms with Gasteiger partial charge in [-0.15, -0.1) is 0 Å². The van der Waals surface area contributed by atoms with Crippen LogP contribution in [0, 0.1) is 5.41 Å². The normalized spacial score (nSPS) is 22.0. The van der Waals surface area contributed by atoms with Gasteiger partial charge in [-0.3, -0.25) is 4.79 Å². The Hall–Kier alpha value is -0.860. The number of aldehydes is 1. The average Bonchev–Trinajstić information content (AvgIpc) is 2.84. The zero-order valence-corrected chi connectivity index (χ0v) is 9.21. The largest absolute Gasteiger partial charge is 0.342 e. The number of nitrogens with zero attached hydrogens (tertiary/aromatic N) is 1. The third kappa shape index (κ3) is 2.58. The lowest BCUT2D eigenvalue weighted by Gasteiger charge is -2.15. The minimum Gasteiger partial charge on any atom is -0.342 e. The van der Waals surface area contributed by atoms with E-state index >= 15 is 0 Å². The number of rotatable bonds is 5. The Kier molecular flexibility index (Phi) is 3.08. The smallest absolute Gasteiger partial charge is 0.222 e. The third-order valence-electron chi connectivity index (χ3n) is 3.71. The molecule has 0 unspecified atom stereocenters. The summed E-state index contributed by atoms with van der Waals surface area (Å²) >= 11 is 0. The molecule has 2 fully saturated rings. The third-order valence-corrected chi connectivity index (χ3v) is 3.71. The minimum atomic E-state index is 0.296. The molecular formula is C12H19NO2. The van der Waals surface area contributed by atoms with Crippen LogP contribution in [0.5, 0.6) is 0 Å². The number of likely N-dealkylation sites (tertiary alicyclic amines) is 1. The minimum absolute atomic E-state index is 0.296. The molecule has 0 atom stereocenters. The van der Waals surface area contributed by atoms with Gasteiger partial charge in [0, 0.05) is 25.9 Å². The van der Waals surface area contributed by atoms with Crippen molar-refractivity contribution >= 4 is 12.2 Å². The fourth-order valence-electron chi connectivity index (χ4n) is 2.39. The molecule has 2 aliphatic rings. The van der Waals surface area contributed by atoms with E-state index in [4.69, 9.17) is 0 Å². The van der Waals surface area contributed by atoms with E-state index in [-0.39, 0.29) is 0 Å². The van der Waals surface area contributed by atoms with Gasteiger partial charge in [-0.1, -0.05) is 0 Å². The highest BCUT2D eigenvalue weighted by Gasteiger charge is 2.48. The van der Waals surface area contributed by atoms with Crippen molar-refractivity contribution in [3.8, 4) is 0 Å². The first-order valence-electron chi connectivity index (χ1n) is 5.97. The number of unbranched alkanes of at least 4 members (excludes halogenated alkanes) is 2. The van der Waals surface area contributed by atoms with E-state index in [2.05, 4.69) is 0 Å². The van der Waals surface area contributed by atoms with Crippen molar-refractivity contribution < 1.29 is 9.59 Å². The van der Waals surface area contributed by atoms with E-state index in [1.807, 2.05) is 4.90 Å². The van der Waals surface area contributed by atoms with Gasteiger partial charge in [0.25, 0.3) is 0 Å². The molecule has 0 radical (unpaired) electrons. The second-order valence-electron chi connectivity index (χ2n) is 4.98. The molecule has 1 amide bonds. The van der Waals surface area contributed by atoms with Crippen LogP contribution in [0.25, 0.3) is 0 Å². The lowest BCUT2D eigenvalue weighted by Crippen LogP contribution is -2.28. The van der Waals surface area contributed by atoms with Crippen LogP contribution in [0.2, 0.25) is 0 Å². The van der Waals surface area contributed by atoms with E-state index in [9.17, 15) is 9.59 Å². The van der Waals surface area contributed by atoms with E-state index in [1.54, 1.807) is 0 Å². The van der Waals surface area contributed by atoms with Crippen LogP contribution in [-0.2, 0) is 9.59 Å². The second-order valence-corrected chi connectivity index (χ2v) is 4.98. The molecule has 84 valence electrons. The van der Waals surface area contributed by atoms with Crippen LogP contribution in [0.3, 0.4) is 0 Å². The van der Waals surface area contributed by atoms with Gasteiger partial charge >= 0.3 is 0 Å². The molecule has 1 aliphatic heterocycles. The maximum atomic E-state index is 11.8. The lowest BCUT2D eigenvalue weighted by atomic mass is 10.1. The average molecular weight is 209 g/mol. The van der Waals surface area contributed by atoms with Gasteiger partial charge in [-0.05, 0) is 37.5 Å². The van der Waals surface area contributed by atoms with Crippen LogP contribution in [0.4, 0.5) is 0 Å². The summed E-state index contributed by atoms with van der Waals surface area (Å²) in [4.78, 5) is 23.9. The quantitative estimate of drug-likeness (QED) is 0.511. The second kappa shape index (κ2) is 4.33. The number of hydrogen-bond acceptors (Lipinski definition) is 2. The number of carbonyl (C=O) groups is 2. The van der Waals surface area contributed by atoms with Crippen LogP contribution in [0.1, 0.15) is 44.9 Å². The predicted molar refractivity (Wildman–Crippen MR) is 57.4 cm³/mol. The monoisotopic (exact) mass is 209 g/mol. The van der Waals surface area contributed by atoms with Crippen LogP contribution >= 0.6 is 0 Å². The van der Waals surface area contributed by atoms with Crippen molar-refractivity contribution in [3.05, 3.63) is 0 Å². The summed E-state index contributed by atoms with van der Waals surface area (Å²) in [6.07, 6.45) is 7.73. The highest BCUT2D eigenvalue weighted by molar-refractivity contribution is 5.76. The molecule has 1 saturated heterocycles. The SMILES string of the molecule is O=CCCCCC(=O)N1CCC2(CC2)C1. The van der Waals surface area contributed by atoms with Crippen molar-refractivity contribution in [1.82, 2.24) is 4.90 Å². The number of carbonyl (C=O) groups excluding carboxylic acids is 2. The fourth-order valence-corrected chi connectivity index (χ4v) is 2.39. The molecular weight excluding hydrogens is 190 g/mol. The maximum Gasteiger partial charge on any atom is 0.222 e. The Morgan fingerprint density at radius 2 is 2.07 bits per heavy atom. The van der Waals surface area contributed by atoms with Gasteiger partial charge in [-0.2, -0.15) is 0 Å². The van der Waals surface area contributed by atoms with Gasteiger partial charge in [0.15, 0.2) is 0 Å². The maximum absolute atomic E-state index is 11.8. The van der Waals surface area contributed by atoms with Gasteiger partial charge in [0.05, 0.1) is 0 Å². The van der Waals surface area contributed by atoms with Crippen molar-refractivity contribution in [2.45, 2.75) is 44.9 Å². The number of hydrogen-bond donors (Lipinski definition) is 0. The molecule has 1 heterocycles. The van der Waals surface area contributed by atoms with E-state index in [0.29, 0.717) is 24.2 Å². The van der Waals surface area contributed by atoms with E-state index in [1.165, 1.54) is 19.3 Å². The molecule has 3 nitrogen and oxygen atoms in total. The summed E-state index contributed by atoms with van der Waals surface area (Å²) in [6, 6.07) is 0. The zero-order chi connectivity index (χ0) is 10.7. The molecule has 3 heteroatoms. The highest BCUT2D eigenvalue weighted by atomic mass is 16.2. The Bertz CT molecular complexity index is 258.